The van der Waals surface area contributed by atoms with Gasteiger partial charge in [-0.15, -0.1) is 0 Å². The third-order valence-electron chi connectivity index (χ3n) is 7.59. The molecule has 1 aromatic rings. The molecule has 1 aliphatic heterocycles. The number of hydrogen-bond acceptors (Lipinski definition) is 5. The zero-order chi connectivity index (χ0) is 21.4. The number of aliphatic hydroxyl groups is 2. The number of sulfonamides is 1. The summed E-state index contributed by atoms with van der Waals surface area (Å²) in [6.45, 7) is 2.69. The van der Waals surface area contributed by atoms with Crippen molar-refractivity contribution in [3.63, 3.8) is 0 Å². The molecule has 1 aromatic carbocycles. The highest BCUT2D eigenvalue weighted by atomic mass is 32.2. The van der Waals surface area contributed by atoms with Gasteiger partial charge in [0.2, 0.25) is 10.0 Å². The second-order valence-electron chi connectivity index (χ2n) is 9.90. The van der Waals surface area contributed by atoms with Crippen LogP contribution in [0.1, 0.15) is 63.4 Å². The third kappa shape index (κ3) is 4.69. The Hall–Kier alpha value is -1.15. The van der Waals surface area contributed by atoms with Crippen molar-refractivity contribution >= 4 is 15.7 Å². The van der Waals surface area contributed by atoms with Gasteiger partial charge in [-0.2, -0.15) is 0 Å². The molecule has 6 nitrogen and oxygen atoms in total. The minimum absolute atomic E-state index is 0.155. The van der Waals surface area contributed by atoms with E-state index in [1.165, 1.54) is 6.42 Å². The molecular weight excluding hydrogens is 400 g/mol. The van der Waals surface area contributed by atoms with Gasteiger partial charge in [0.1, 0.15) is 0 Å². The van der Waals surface area contributed by atoms with E-state index >= 15 is 0 Å². The molecular formula is C23H36N2O4S. The molecule has 3 N–H and O–H groups in total. The Morgan fingerprint density at radius 1 is 1.10 bits per heavy atom. The van der Waals surface area contributed by atoms with Gasteiger partial charge in [-0.05, 0) is 62.8 Å². The lowest BCUT2D eigenvalue weighted by Crippen LogP contribution is -2.52. The van der Waals surface area contributed by atoms with Crippen molar-refractivity contribution in [2.45, 2.75) is 69.0 Å². The first-order valence-electron chi connectivity index (χ1n) is 11.4. The standard InChI is InChI=1S/C23H36N2O4S/c1-30(28,29)24-21-8-5-7-18(15-21)23(27)19-9-10-20(23)17-25(16-19)14-6-13-22(26)11-3-2-4-12-22/h5,7-8,15,19-20,24,26-27H,2-4,6,9-14,16-17H2,1H3. The normalized spacial score (nSPS) is 31.6. The topological polar surface area (TPSA) is 89.9 Å². The van der Waals surface area contributed by atoms with Crippen LogP contribution in [0.25, 0.3) is 0 Å². The fraction of sp³-hybridized carbons (Fsp3) is 0.739. The summed E-state index contributed by atoms with van der Waals surface area (Å²) in [7, 11) is -3.35. The first kappa shape index (κ1) is 22.1. The molecule has 0 radical (unpaired) electrons. The summed E-state index contributed by atoms with van der Waals surface area (Å²) in [4.78, 5) is 2.46. The van der Waals surface area contributed by atoms with Crippen LogP contribution < -0.4 is 4.72 Å². The van der Waals surface area contributed by atoms with Crippen LogP contribution in [-0.4, -0.2) is 55.0 Å². The van der Waals surface area contributed by atoms with Crippen molar-refractivity contribution in [1.29, 1.82) is 0 Å². The predicted octanol–water partition coefficient (Wildman–Crippen LogP) is 3.06. The minimum atomic E-state index is -3.35. The summed E-state index contributed by atoms with van der Waals surface area (Å²) in [5.74, 6) is 0.310. The third-order valence-corrected chi connectivity index (χ3v) is 8.20. The van der Waals surface area contributed by atoms with Gasteiger partial charge in [-0.3, -0.25) is 4.72 Å². The molecule has 30 heavy (non-hydrogen) atoms. The van der Waals surface area contributed by atoms with Gasteiger partial charge < -0.3 is 15.1 Å². The molecule has 2 atom stereocenters. The highest BCUT2D eigenvalue weighted by Crippen LogP contribution is 2.51. The van der Waals surface area contributed by atoms with E-state index in [2.05, 4.69) is 9.62 Å². The Labute approximate surface area is 180 Å². The molecule has 2 aliphatic carbocycles. The second-order valence-corrected chi connectivity index (χ2v) is 11.6. The molecule has 2 saturated carbocycles. The van der Waals surface area contributed by atoms with Gasteiger partial charge in [0.25, 0.3) is 0 Å². The Morgan fingerprint density at radius 3 is 2.40 bits per heavy atom. The molecule has 2 unspecified atom stereocenters. The van der Waals surface area contributed by atoms with Crippen molar-refractivity contribution in [3.8, 4) is 0 Å². The van der Waals surface area contributed by atoms with Crippen LogP contribution in [0.3, 0.4) is 0 Å². The van der Waals surface area contributed by atoms with Crippen LogP contribution in [0, 0.1) is 11.8 Å². The van der Waals surface area contributed by atoms with Gasteiger partial charge in [0.15, 0.2) is 0 Å². The van der Waals surface area contributed by atoms with Crippen LogP contribution in [0.2, 0.25) is 0 Å². The van der Waals surface area contributed by atoms with E-state index < -0.39 is 21.2 Å². The molecule has 0 spiro atoms. The highest BCUT2D eigenvalue weighted by Gasteiger charge is 2.53. The van der Waals surface area contributed by atoms with Crippen LogP contribution in [-0.2, 0) is 15.6 Å². The van der Waals surface area contributed by atoms with Crippen molar-refractivity contribution in [1.82, 2.24) is 4.90 Å². The number of fused-ring (bicyclic) bond motifs is 2. The van der Waals surface area contributed by atoms with Gasteiger partial charge in [-0.25, -0.2) is 8.42 Å². The van der Waals surface area contributed by atoms with Crippen molar-refractivity contribution < 1.29 is 18.6 Å². The first-order valence-corrected chi connectivity index (χ1v) is 13.3. The molecule has 0 aromatic heterocycles. The van der Waals surface area contributed by atoms with E-state index in [0.29, 0.717) is 5.69 Å². The van der Waals surface area contributed by atoms with Gasteiger partial charge in [0, 0.05) is 30.6 Å². The van der Waals surface area contributed by atoms with E-state index in [0.717, 1.165) is 82.8 Å². The monoisotopic (exact) mass is 436 g/mol. The van der Waals surface area contributed by atoms with Crippen LogP contribution in [0.5, 0.6) is 0 Å². The van der Waals surface area contributed by atoms with Crippen molar-refractivity contribution in [3.05, 3.63) is 29.8 Å². The number of benzene rings is 1. The zero-order valence-corrected chi connectivity index (χ0v) is 18.8. The SMILES string of the molecule is CS(=O)(=O)Nc1cccc(C2(O)C3CCC2CN(CCCC2(O)CCCCC2)C3)c1. The van der Waals surface area contributed by atoms with E-state index in [4.69, 9.17) is 0 Å². The number of nitrogens with one attached hydrogen (secondary N) is 1. The molecule has 0 amide bonds. The van der Waals surface area contributed by atoms with E-state index in [1.54, 1.807) is 12.1 Å². The van der Waals surface area contributed by atoms with Crippen molar-refractivity contribution in [2.75, 3.05) is 30.6 Å². The lowest BCUT2D eigenvalue weighted by Gasteiger charge is -2.45. The average molecular weight is 437 g/mol. The first-order chi connectivity index (χ1) is 14.2. The van der Waals surface area contributed by atoms with E-state index in [9.17, 15) is 18.6 Å². The van der Waals surface area contributed by atoms with Crippen LogP contribution >= 0.6 is 0 Å². The van der Waals surface area contributed by atoms with Gasteiger partial charge in [0.05, 0.1) is 17.5 Å². The molecule has 4 rings (SSSR count). The lowest BCUT2D eigenvalue weighted by atomic mass is 9.75. The second kappa shape index (κ2) is 8.41. The summed E-state index contributed by atoms with van der Waals surface area (Å²) in [5, 5.41) is 22.5. The van der Waals surface area contributed by atoms with E-state index in [-0.39, 0.29) is 11.8 Å². The molecule has 1 heterocycles. The Bertz CT molecular complexity index is 837. The number of rotatable bonds is 7. The smallest absolute Gasteiger partial charge is 0.229 e. The molecule has 2 bridgehead atoms. The lowest BCUT2D eigenvalue weighted by molar-refractivity contribution is -0.0910. The summed E-state index contributed by atoms with van der Waals surface area (Å²) >= 11 is 0. The number of anilines is 1. The molecule has 7 heteroatoms. The quantitative estimate of drug-likeness (QED) is 0.611. The summed E-state index contributed by atoms with van der Waals surface area (Å²) in [5.41, 5.74) is -0.0283. The Morgan fingerprint density at radius 2 is 1.77 bits per heavy atom. The maximum absolute atomic E-state index is 11.7. The summed E-state index contributed by atoms with van der Waals surface area (Å²) in [6, 6.07) is 7.26. The maximum Gasteiger partial charge on any atom is 0.229 e. The Kier molecular flexibility index (Phi) is 6.19. The zero-order valence-electron chi connectivity index (χ0n) is 18.0. The van der Waals surface area contributed by atoms with Gasteiger partial charge in [-0.1, -0.05) is 31.4 Å². The molecule has 1 saturated heterocycles. The summed E-state index contributed by atoms with van der Waals surface area (Å²) < 4.78 is 25.7. The van der Waals surface area contributed by atoms with Crippen LogP contribution in [0.15, 0.2) is 24.3 Å². The number of piperidine rings is 1. The molecule has 168 valence electrons. The highest BCUT2D eigenvalue weighted by molar-refractivity contribution is 7.92. The fourth-order valence-corrected chi connectivity index (χ4v) is 6.68. The minimum Gasteiger partial charge on any atom is -0.390 e. The molecule has 3 fully saturated rings. The fourth-order valence-electron chi connectivity index (χ4n) is 6.13. The van der Waals surface area contributed by atoms with E-state index in [1.807, 2.05) is 12.1 Å². The predicted molar refractivity (Wildman–Crippen MR) is 119 cm³/mol. The largest absolute Gasteiger partial charge is 0.390 e. The number of likely N-dealkylation sites (tertiary alicyclic amines) is 1. The van der Waals surface area contributed by atoms with Gasteiger partial charge >= 0.3 is 0 Å². The van der Waals surface area contributed by atoms with Crippen molar-refractivity contribution in [2.24, 2.45) is 11.8 Å². The average Bonchev–Trinajstić information content (AvgIpc) is 2.85. The number of hydrogen-bond donors (Lipinski definition) is 3. The van der Waals surface area contributed by atoms with Crippen LogP contribution in [0.4, 0.5) is 5.69 Å². The Balaban J connectivity index is 1.39. The maximum atomic E-state index is 11.7. The number of nitrogens with zero attached hydrogens (tertiary/aromatic N) is 1. The molecule has 3 aliphatic rings. The summed E-state index contributed by atoms with van der Waals surface area (Å²) in [6.07, 6.45) is 10.4.